The molecule has 1 unspecified atom stereocenters. The lowest BCUT2D eigenvalue weighted by Crippen LogP contribution is -2.27. The quantitative estimate of drug-likeness (QED) is 0.392. The van der Waals surface area contributed by atoms with Gasteiger partial charge in [-0.3, -0.25) is 4.79 Å². The number of furan rings is 1. The van der Waals surface area contributed by atoms with Gasteiger partial charge in [0.1, 0.15) is 18.1 Å². The van der Waals surface area contributed by atoms with E-state index in [4.69, 9.17) is 9.40 Å². The Bertz CT molecular complexity index is 1410. The van der Waals surface area contributed by atoms with Gasteiger partial charge in [-0.1, -0.05) is 42.5 Å². The normalized spacial score (nSPS) is 12.0. The number of pyridine rings is 1. The summed E-state index contributed by atoms with van der Waals surface area (Å²) in [6.07, 6.45) is 3.28. The number of amides is 1. The zero-order chi connectivity index (χ0) is 22.8. The Hall–Kier alpha value is -4.39. The summed E-state index contributed by atoms with van der Waals surface area (Å²) in [7, 11) is 0. The van der Waals surface area contributed by atoms with Crippen molar-refractivity contribution in [1.82, 2.24) is 20.1 Å². The van der Waals surface area contributed by atoms with Crippen LogP contribution in [0.15, 0.2) is 89.7 Å². The third-order valence-electron chi connectivity index (χ3n) is 5.53. The number of fused-ring (bicyclic) bond motifs is 1. The number of nitrogens with zero attached hydrogens (tertiary/aromatic N) is 3. The molecule has 3 heterocycles. The number of phenols is 1. The van der Waals surface area contributed by atoms with Gasteiger partial charge in [0.25, 0.3) is 5.91 Å². The molecule has 5 aromatic rings. The molecule has 2 aromatic carbocycles. The van der Waals surface area contributed by atoms with Crippen molar-refractivity contribution in [3.05, 3.63) is 102 Å². The van der Waals surface area contributed by atoms with Crippen molar-refractivity contribution in [3.63, 3.8) is 0 Å². The Morgan fingerprint density at radius 3 is 2.70 bits per heavy atom. The molecule has 0 aliphatic heterocycles. The van der Waals surface area contributed by atoms with E-state index in [2.05, 4.69) is 10.4 Å². The molecule has 0 fully saturated rings. The highest BCUT2D eigenvalue weighted by atomic mass is 16.3. The zero-order valence-corrected chi connectivity index (χ0v) is 18.0. The summed E-state index contributed by atoms with van der Waals surface area (Å²) in [6.45, 7) is 2.28. The van der Waals surface area contributed by atoms with Gasteiger partial charge in [-0.25, -0.2) is 9.67 Å². The average molecular weight is 438 g/mol. The van der Waals surface area contributed by atoms with E-state index in [9.17, 15) is 9.90 Å². The topological polar surface area (TPSA) is 93.2 Å². The van der Waals surface area contributed by atoms with Gasteiger partial charge in [0.15, 0.2) is 5.65 Å². The Morgan fingerprint density at radius 2 is 1.94 bits per heavy atom. The maximum Gasteiger partial charge on any atom is 0.252 e. The number of aromatic nitrogens is 3. The first kappa shape index (κ1) is 20.5. The molecule has 7 heteroatoms. The van der Waals surface area contributed by atoms with Crippen LogP contribution in [0, 0.1) is 0 Å². The predicted molar refractivity (Wildman–Crippen MR) is 125 cm³/mol. The van der Waals surface area contributed by atoms with Crippen LogP contribution in [0.2, 0.25) is 0 Å². The second-order valence-electron chi connectivity index (χ2n) is 7.83. The van der Waals surface area contributed by atoms with Crippen LogP contribution in [0.25, 0.3) is 22.3 Å². The summed E-state index contributed by atoms with van der Waals surface area (Å²) >= 11 is 0. The fraction of sp³-hybridized carbons (Fsp3) is 0.115. The van der Waals surface area contributed by atoms with Crippen LogP contribution < -0.4 is 5.32 Å². The number of aromatic hydroxyl groups is 1. The monoisotopic (exact) mass is 438 g/mol. The van der Waals surface area contributed by atoms with Gasteiger partial charge in [0.05, 0.1) is 35.1 Å². The van der Waals surface area contributed by atoms with Crippen LogP contribution >= 0.6 is 0 Å². The van der Waals surface area contributed by atoms with Gasteiger partial charge in [-0.15, -0.1) is 0 Å². The van der Waals surface area contributed by atoms with E-state index in [0.717, 1.165) is 16.9 Å². The smallest absolute Gasteiger partial charge is 0.252 e. The molecule has 0 spiro atoms. The van der Waals surface area contributed by atoms with E-state index in [0.29, 0.717) is 28.8 Å². The highest BCUT2D eigenvalue weighted by Gasteiger charge is 2.20. The van der Waals surface area contributed by atoms with Crippen LogP contribution in [0.5, 0.6) is 5.75 Å². The third-order valence-corrected chi connectivity index (χ3v) is 5.53. The summed E-state index contributed by atoms with van der Waals surface area (Å²) < 4.78 is 7.20. The molecule has 0 saturated carbocycles. The van der Waals surface area contributed by atoms with E-state index in [1.807, 2.05) is 55.5 Å². The number of hydrogen-bond acceptors (Lipinski definition) is 5. The Labute approximate surface area is 190 Å². The molecule has 0 bridgehead atoms. The van der Waals surface area contributed by atoms with E-state index >= 15 is 0 Å². The van der Waals surface area contributed by atoms with Crippen molar-refractivity contribution in [2.45, 2.75) is 19.5 Å². The molecule has 164 valence electrons. The van der Waals surface area contributed by atoms with Crippen LogP contribution in [0.3, 0.4) is 0 Å². The highest BCUT2D eigenvalue weighted by molar-refractivity contribution is 6.06. The molecule has 1 amide bonds. The number of nitrogens with one attached hydrogen (secondary N) is 1. The minimum atomic E-state index is -0.300. The molecule has 7 nitrogen and oxygen atoms in total. The van der Waals surface area contributed by atoms with Gasteiger partial charge < -0.3 is 14.8 Å². The second-order valence-corrected chi connectivity index (χ2v) is 7.83. The van der Waals surface area contributed by atoms with Gasteiger partial charge in [0.2, 0.25) is 0 Å². The number of carbonyl (C=O) groups is 1. The maximum absolute atomic E-state index is 13.4. The van der Waals surface area contributed by atoms with E-state index in [1.54, 1.807) is 41.4 Å². The van der Waals surface area contributed by atoms with Crippen LogP contribution in [0.1, 0.15) is 34.6 Å². The molecule has 2 N–H and O–H groups in total. The summed E-state index contributed by atoms with van der Waals surface area (Å²) in [5.74, 6) is 0.661. The molecule has 1 atom stereocenters. The number of benzene rings is 2. The number of hydrogen-bond donors (Lipinski definition) is 2. The Kier molecular flexibility index (Phi) is 5.36. The van der Waals surface area contributed by atoms with E-state index in [-0.39, 0.29) is 17.7 Å². The average Bonchev–Trinajstić information content (AvgIpc) is 3.49. The number of carbonyl (C=O) groups excluding carboxylic acids is 1. The van der Waals surface area contributed by atoms with Crippen LogP contribution in [0.4, 0.5) is 0 Å². The second kappa shape index (κ2) is 8.63. The number of rotatable bonds is 6. The lowest BCUT2D eigenvalue weighted by molar-refractivity contribution is 0.0941. The SMILES string of the molecule is CC(NC(=O)c1cc(-c2ccccc2)nc2c1cnn2Cc1ccco1)c1cccc(O)c1. The zero-order valence-electron chi connectivity index (χ0n) is 18.0. The molecule has 5 rings (SSSR count). The first-order valence-electron chi connectivity index (χ1n) is 10.6. The summed E-state index contributed by atoms with van der Waals surface area (Å²) in [4.78, 5) is 18.2. The highest BCUT2D eigenvalue weighted by Crippen LogP contribution is 2.26. The lowest BCUT2D eigenvalue weighted by Gasteiger charge is -2.16. The van der Waals surface area contributed by atoms with Crippen LogP contribution in [-0.2, 0) is 6.54 Å². The van der Waals surface area contributed by atoms with Crippen molar-refractivity contribution < 1.29 is 14.3 Å². The Balaban J connectivity index is 1.56. The fourth-order valence-electron chi connectivity index (χ4n) is 3.81. The lowest BCUT2D eigenvalue weighted by atomic mass is 10.0. The molecule has 33 heavy (non-hydrogen) atoms. The first-order valence-corrected chi connectivity index (χ1v) is 10.6. The fourth-order valence-corrected chi connectivity index (χ4v) is 3.81. The summed E-state index contributed by atoms with van der Waals surface area (Å²) in [6, 6.07) is 21.8. The molecule has 0 aliphatic rings. The maximum atomic E-state index is 13.4. The standard InChI is InChI=1S/C26H22N4O3/c1-17(19-9-5-10-20(31)13-19)28-26(32)22-14-24(18-7-3-2-4-8-18)29-25-23(22)15-27-30(25)16-21-11-6-12-33-21/h2-15,17,31H,16H2,1H3,(H,28,32). The van der Waals surface area contributed by atoms with Gasteiger partial charge in [-0.05, 0) is 42.8 Å². The molecule has 0 saturated heterocycles. The number of phenolic OH excluding ortho intramolecular Hbond substituents is 1. The molecular formula is C26H22N4O3. The van der Waals surface area contributed by atoms with Crippen molar-refractivity contribution in [2.24, 2.45) is 0 Å². The molecule has 3 aromatic heterocycles. The molecule has 0 radical (unpaired) electrons. The van der Waals surface area contributed by atoms with Crippen molar-refractivity contribution >= 4 is 16.9 Å². The summed E-state index contributed by atoms with van der Waals surface area (Å²) in [5, 5.41) is 17.9. The van der Waals surface area contributed by atoms with Crippen molar-refractivity contribution in [3.8, 4) is 17.0 Å². The molecular weight excluding hydrogens is 416 g/mol. The molecule has 0 aliphatic carbocycles. The van der Waals surface area contributed by atoms with Gasteiger partial charge >= 0.3 is 0 Å². The summed E-state index contributed by atoms with van der Waals surface area (Å²) in [5.41, 5.74) is 3.48. The third kappa shape index (κ3) is 4.21. The Morgan fingerprint density at radius 1 is 1.09 bits per heavy atom. The van der Waals surface area contributed by atoms with Gasteiger partial charge in [0, 0.05) is 5.56 Å². The van der Waals surface area contributed by atoms with Gasteiger partial charge in [-0.2, -0.15) is 5.10 Å². The van der Waals surface area contributed by atoms with E-state index in [1.165, 1.54) is 0 Å². The first-order chi connectivity index (χ1) is 16.1. The van der Waals surface area contributed by atoms with E-state index < -0.39 is 0 Å². The van der Waals surface area contributed by atoms with Crippen molar-refractivity contribution in [2.75, 3.05) is 0 Å². The minimum Gasteiger partial charge on any atom is -0.508 e. The largest absolute Gasteiger partial charge is 0.508 e. The van der Waals surface area contributed by atoms with Crippen molar-refractivity contribution in [1.29, 1.82) is 0 Å². The van der Waals surface area contributed by atoms with Crippen LogP contribution in [-0.4, -0.2) is 25.8 Å². The predicted octanol–water partition coefficient (Wildman–Crippen LogP) is 4.94. The minimum absolute atomic E-state index is 0.158.